The van der Waals surface area contributed by atoms with Gasteiger partial charge in [-0.15, -0.1) is 0 Å². The number of nitrogens with one attached hydrogen (secondary N) is 1. The predicted octanol–water partition coefficient (Wildman–Crippen LogP) is 2.28. The minimum Gasteiger partial charge on any atom is -0.508 e. The molecule has 4 nitrogen and oxygen atoms in total. The van der Waals surface area contributed by atoms with Crippen molar-refractivity contribution < 1.29 is 9.90 Å². The molecule has 0 spiro atoms. The third-order valence-corrected chi connectivity index (χ3v) is 3.60. The number of amides is 1. The molecule has 0 unspecified atom stereocenters. The van der Waals surface area contributed by atoms with E-state index in [-0.39, 0.29) is 18.1 Å². The third-order valence-electron chi connectivity index (χ3n) is 3.60. The van der Waals surface area contributed by atoms with E-state index in [1.165, 1.54) is 0 Å². The van der Waals surface area contributed by atoms with Crippen LogP contribution in [0.15, 0.2) is 24.3 Å². The fraction of sp³-hybridized carbons (Fsp3) is 0.467. The van der Waals surface area contributed by atoms with Crippen molar-refractivity contribution in [3.05, 3.63) is 29.8 Å². The second kappa shape index (κ2) is 5.75. The van der Waals surface area contributed by atoms with Crippen LogP contribution in [-0.4, -0.2) is 16.6 Å². The van der Waals surface area contributed by atoms with Gasteiger partial charge in [0.1, 0.15) is 11.3 Å². The number of aromatic hydroxyl groups is 1. The van der Waals surface area contributed by atoms with Crippen LogP contribution in [0.1, 0.15) is 37.7 Å². The molecule has 0 aliphatic heterocycles. The molecule has 0 saturated heterocycles. The number of phenols is 1. The summed E-state index contributed by atoms with van der Waals surface area (Å²) in [5.41, 5.74) is 0.158. The Morgan fingerprint density at radius 2 is 1.89 bits per heavy atom. The topological polar surface area (TPSA) is 73.1 Å². The highest BCUT2D eigenvalue weighted by Crippen LogP contribution is 2.27. The van der Waals surface area contributed by atoms with Crippen LogP contribution in [0.4, 0.5) is 0 Å². The third kappa shape index (κ3) is 3.47. The van der Waals surface area contributed by atoms with E-state index < -0.39 is 5.54 Å². The second-order valence-corrected chi connectivity index (χ2v) is 5.15. The van der Waals surface area contributed by atoms with Crippen molar-refractivity contribution in [2.24, 2.45) is 0 Å². The zero-order chi connectivity index (χ0) is 13.7. The number of benzene rings is 1. The van der Waals surface area contributed by atoms with E-state index in [2.05, 4.69) is 11.4 Å². The second-order valence-electron chi connectivity index (χ2n) is 5.15. The van der Waals surface area contributed by atoms with E-state index in [0.29, 0.717) is 0 Å². The Hall–Kier alpha value is -2.02. The van der Waals surface area contributed by atoms with Gasteiger partial charge in [-0.2, -0.15) is 5.26 Å². The SMILES string of the molecule is N#CC1(NC(=O)Cc2ccc(O)cc2)CCCCC1. The zero-order valence-corrected chi connectivity index (χ0v) is 10.9. The van der Waals surface area contributed by atoms with Crippen LogP contribution in [0.2, 0.25) is 0 Å². The van der Waals surface area contributed by atoms with Gasteiger partial charge in [-0.05, 0) is 30.5 Å². The Kier molecular flexibility index (Phi) is 4.06. The van der Waals surface area contributed by atoms with Crippen molar-refractivity contribution in [3.8, 4) is 11.8 Å². The summed E-state index contributed by atoms with van der Waals surface area (Å²) < 4.78 is 0. The van der Waals surface area contributed by atoms with Gasteiger partial charge in [0.2, 0.25) is 5.91 Å². The van der Waals surface area contributed by atoms with Crippen molar-refractivity contribution >= 4 is 5.91 Å². The summed E-state index contributed by atoms with van der Waals surface area (Å²) in [7, 11) is 0. The maximum absolute atomic E-state index is 12.0. The lowest BCUT2D eigenvalue weighted by Gasteiger charge is -2.31. The molecule has 0 aromatic heterocycles. The van der Waals surface area contributed by atoms with Crippen molar-refractivity contribution in [2.45, 2.75) is 44.1 Å². The van der Waals surface area contributed by atoms with Gasteiger partial charge in [-0.1, -0.05) is 31.4 Å². The molecule has 2 rings (SSSR count). The summed E-state index contributed by atoms with van der Waals surface area (Å²) in [6.07, 6.45) is 4.84. The number of carbonyl (C=O) groups is 1. The van der Waals surface area contributed by atoms with Crippen molar-refractivity contribution in [3.63, 3.8) is 0 Å². The average molecular weight is 258 g/mol. The van der Waals surface area contributed by atoms with Crippen molar-refractivity contribution in [1.29, 1.82) is 5.26 Å². The number of carbonyl (C=O) groups excluding carboxylic acids is 1. The van der Waals surface area contributed by atoms with Crippen LogP contribution >= 0.6 is 0 Å². The van der Waals surface area contributed by atoms with Gasteiger partial charge in [0.05, 0.1) is 12.5 Å². The standard InChI is InChI=1S/C15H18N2O2/c16-11-15(8-2-1-3-9-15)17-14(19)10-12-4-6-13(18)7-5-12/h4-7,18H,1-3,8-10H2,(H,17,19). The van der Waals surface area contributed by atoms with Gasteiger partial charge in [0.25, 0.3) is 0 Å². The Labute approximate surface area is 113 Å². The predicted molar refractivity (Wildman–Crippen MR) is 71.4 cm³/mol. The summed E-state index contributed by atoms with van der Waals surface area (Å²) in [6.45, 7) is 0. The van der Waals surface area contributed by atoms with E-state index in [4.69, 9.17) is 0 Å². The van der Waals surface area contributed by atoms with Gasteiger partial charge >= 0.3 is 0 Å². The van der Waals surface area contributed by atoms with Crippen LogP contribution in [0.3, 0.4) is 0 Å². The van der Waals surface area contributed by atoms with Crippen LogP contribution in [0.5, 0.6) is 5.75 Å². The quantitative estimate of drug-likeness (QED) is 0.873. The number of hydrogen-bond donors (Lipinski definition) is 2. The number of phenolic OH excluding ortho intramolecular Hbond substituents is 1. The fourth-order valence-electron chi connectivity index (χ4n) is 2.53. The molecule has 0 radical (unpaired) electrons. The van der Waals surface area contributed by atoms with E-state index >= 15 is 0 Å². The van der Waals surface area contributed by atoms with E-state index in [0.717, 1.165) is 37.7 Å². The molecule has 1 saturated carbocycles. The average Bonchev–Trinajstić information content (AvgIpc) is 2.42. The van der Waals surface area contributed by atoms with Crippen molar-refractivity contribution in [2.75, 3.05) is 0 Å². The lowest BCUT2D eigenvalue weighted by atomic mass is 9.82. The molecule has 1 fully saturated rings. The van der Waals surface area contributed by atoms with Gasteiger partial charge in [0.15, 0.2) is 0 Å². The highest BCUT2D eigenvalue weighted by Gasteiger charge is 2.33. The molecule has 4 heteroatoms. The Balaban J connectivity index is 1.96. The van der Waals surface area contributed by atoms with E-state index in [1.54, 1.807) is 24.3 Å². The molecule has 19 heavy (non-hydrogen) atoms. The largest absolute Gasteiger partial charge is 0.508 e. The number of nitriles is 1. The monoisotopic (exact) mass is 258 g/mol. The first-order chi connectivity index (χ1) is 9.13. The van der Waals surface area contributed by atoms with Crippen LogP contribution in [0.25, 0.3) is 0 Å². The smallest absolute Gasteiger partial charge is 0.225 e. The van der Waals surface area contributed by atoms with Crippen LogP contribution in [0, 0.1) is 11.3 Å². The summed E-state index contributed by atoms with van der Waals surface area (Å²) in [4.78, 5) is 12.0. The van der Waals surface area contributed by atoms with Crippen molar-refractivity contribution in [1.82, 2.24) is 5.32 Å². The lowest BCUT2D eigenvalue weighted by molar-refractivity contribution is -0.122. The summed E-state index contributed by atoms with van der Waals surface area (Å²) >= 11 is 0. The van der Waals surface area contributed by atoms with Crippen LogP contribution < -0.4 is 5.32 Å². The molecule has 1 aliphatic carbocycles. The lowest BCUT2D eigenvalue weighted by Crippen LogP contribution is -2.49. The first-order valence-electron chi connectivity index (χ1n) is 6.64. The molecular weight excluding hydrogens is 240 g/mol. The Morgan fingerprint density at radius 1 is 1.26 bits per heavy atom. The molecule has 0 bridgehead atoms. The first-order valence-corrected chi connectivity index (χ1v) is 6.64. The Bertz CT molecular complexity index is 482. The minimum atomic E-state index is -0.674. The number of nitrogens with zero attached hydrogens (tertiary/aromatic N) is 1. The molecule has 0 atom stereocenters. The summed E-state index contributed by atoms with van der Waals surface area (Å²) in [5.74, 6) is 0.0547. The maximum Gasteiger partial charge on any atom is 0.225 e. The van der Waals surface area contributed by atoms with Gasteiger partial charge in [-0.25, -0.2) is 0 Å². The number of rotatable bonds is 3. The molecule has 0 heterocycles. The molecule has 1 aliphatic rings. The summed E-state index contributed by atoms with van der Waals surface area (Å²) in [5, 5.41) is 21.4. The maximum atomic E-state index is 12.0. The number of hydrogen-bond acceptors (Lipinski definition) is 3. The zero-order valence-electron chi connectivity index (χ0n) is 10.9. The molecule has 1 aromatic rings. The molecule has 1 amide bonds. The molecule has 1 aromatic carbocycles. The summed E-state index contributed by atoms with van der Waals surface area (Å²) in [6, 6.07) is 8.82. The van der Waals surface area contributed by atoms with Crippen LogP contribution in [-0.2, 0) is 11.2 Å². The minimum absolute atomic E-state index is 0.130. The molecular formula is C15H18N2O2. The Morgan fingerprint density at radius 3 is 2.47 bits per heavy atom. The fourth-order valence-corrected chi connectivity index (χ4v) is 2.53. The van der Waals surface area contributed by atoms with E-state index in [9.17, 15) is 15.2 Å². The van der Waals surface area contributed by atoms with Gasteiger partial charge < -0.3 is 10.4 Å². The highest BCUT2D eigenvalue weighted by atomic mass is 16.3. The molecule has 2 N–H and O–H groups in total. The van der Waals surface area contributed by atoms with Gasteiger partial charge in [0, 0.05) is 0 Å². The highest BCUT2D eigenvalue weighted by molar-refractivity contribution is 5.79. The molecule has 100 valence electrons. The first kappa shape index (κ1) is 13.4. The van der Waals surface area contributed by atoms with Gasteiger partial charge in [-0.3, -0.25) is 4.79 Å². The van der Waals surface area contributed by atoms with E-state index in [1.807, 2.05) is 0 Å². The normalized spacial score (nSPS) is 17.4.